The highest BCUT2D eigenvalue weighted by atomic mass is 16.3. The molecule has 6 rings (SSSR count). The number of aromatic hydroxyl groups is 1. The molecule has 11 heteroatoms. The van der Waals surface area contributed by atoms with Gasteiger partial charge in [0.2, 0.25) is 0 Å². The Morgan fingerprint density at radius 3 is 2.58 bits per heavy atom. The monoisotopic (exact) mass is 584 g/mol. The maximum absolute atomic E-state index is 13.9. The lowest BCUT2D eigenvalue weighted by Crippen LogP contribution is -2.53. The number of aliphatic hydroxyl groups excluding tert-OH is 2. The first-order valence-corrected chi connectivity index (χ1v) is 14.0. The molecule has 2 heterocycles. The number of nitrogens with one attached hydrogen (secondary N) is 1. The van der Waals surface area contributed by atoms with E-state index in [1.807, 2.05) is 24.3 Å². The number of fused-ring (bicyclic) bond motifs is 3. The number of primary amides is 1. The molecule has 0 radical (unpaired) electrons. The number of phenols is 1. The maximum Gasteiger partial charge on any atom is 0.255 e. The van der Waals surface area contributed by atoms with Gasteiger partial charge in [0.15, 0.2) is 11.6 Å². The molecule has 4 atom stereocenters. The Hall–Kier alpha value is -4.74. The van der Waals surface area contributed by atoms with Gasteiger partial charge in [-0.3, -0.25) is 24.3 Å². The van der Waals surface area contributed by atoms with E-state index >= 15 is 0 Å². The van der Waals surface area contributed by atoms with Crippen LogP contribution in [0.1, 0.15) is 33.7 Å². The summed E-state index contributed by atoms with van der Waals surface area (Å²) in [5, 5.41) is 36.5. The van der Waals surface area contributed by atoms with Gasteiger partial charge in [-0.05, 0) is 80.2 Å². The molecular weight excluding hydrogens is 552 g/mol. The fraction of sp³-hybridized carbons (Fsp3) is 0.312. The van der Waals surface area contributed by atoms with Crippen molar-refractivity contribution >= 4 is 17.5 Å². The van der Waals surface area contributed by atoms with Crippen molar-refractivity contribution in [2.45, 2.75) is 32.0 Å². The number of hydrogen-bond donors (Lipinski definition) is 5. The van der Waals surface area contributed by atoms with Crippen LogP contribution in [0.15, 0.2) is 75.9 Å². The first kappa shape index (κ1) is 28.4. The Morgan fingerprint density at radius 1 is 1.09 bits per heavy atom. The standard InChI is InChI=1S/C32H32N4O7/c1-36(2)27-20-11-16-10-19-18(22-8-5-17(43-22)14-35-13-15-4-3-9-34-12-15)6-7-21(37)24(19)28(38)23(16)29(39)25(20)30(40)26(31(27)41)32(33)42/h3-9,12,16,20,25,27,35,37,39,41H,10-11,13-14H2,1-2H3,(H2,33,42)/t16?,20?,25?,27-/m0/s1. The van der Waals surface area contributed by atoms with E-state index < -0.39 is 58.4 Å². The van der Waals surface area contributed by atoms with Crippen LogP contribution in [0, 0.1) is 17.8 Å². The van der Waals surface area contributed by atoms with E-state index in [9.17, 15) is 29.7 Å². The van der Waals surface area contributed by atoms with Crippen LogP contribution in [0.5, 0.6) is 5.75 Å². The fourth-order valence-corrected chi connectivity index (χ4v) is 6.95. The van der Waals surface area contributed by atoms with Crippen LogP contribution >= 0.6 is 0 Å². The number of aliphatic hydroxyl groups is 2. The second-order valence-electron chi connectivity index (χ2n) is 11.5. The van der Waals surface area contributed by atoms with Gasteiger partial charge >= 0.3 is 0 Å². The van der Waals surface area contributed by atoms with Crippen LogP contribution in [0.3, 0.4) is 0 Å². The molecule has 1 aromatic carbocycles. The number of allylic oxidation sites excluding steroid dienone is 2. The second-order valence-corrected chi connectivity index (χ2v) is 11.5. The first-order valence-electron chi connectivity index (χ1n) is 14.0. The van der Waals surface area contributed by atoms with Crippen LogP contribution in [0.25, 0.3) is 11.3 Å². The lowest BCUT2D eigenvalue weighted by Gasteiger charge is -2.46. The van der Waals surface area contributed by atoms with Crippen LogP contribution in [-0.2, 0) is 29.1 Å². The molecule has 0 saturated heterocycles. The summed E-state index contributed by atoms with van der Waals surface area (Å²) in [6.07, 6.45) is 4.06. The van der Waals surface area contributed by atoms with E-state index in [0.29, 0.717) is 35.7 Å². The zero-order valence-corrected chi connectivity index (χ0v) is 23.7. The van der Waals surface area contributed by atoms with Crippen LogP contribution in [0.2, 0.25) is 0 Å². The minimum atomic E-state index is -1.22. The van der Waals surface area contributed by atoms with Gasteiger partial charge in [-0.25, -0.2) is 0 Å². The largest absolute Gasteiger partial charge is 0.511 e. The summed E-state index contributed by atoms with van der Waals surface area (Å²) in [7, 11) is 3.39. The van der Waals surface area contributed by atoms with Gasteiger partial charge in [0, 0.05) is 30.1 Å². The summed E-state index contributed by atoms with van der Waals surface area (Å²) < 4.78 is 6.14. The summed E-state index contributed by atoms with van der Waals surface area (Å²) in [6, 6.07) is 9.84. The normalized spacial score (nSPS) is 23.3. The van der Waals surface area contributed by atoms with Gasteiger partial charge in [-0.1, -0.05) is 6.07 Å². The summed E-state index contributed by atoms with van der Waals surface area (Å²) >= 11 is 0. The van der Waals surface area contributed by atoms with Crippen LogP contribution in [0.4, 0.5) is 0 Å². The van der Waals surface area contributed by atoms with Crippen molar-refractivity contribution in [2.24, 2.45) is 23.5 Å². The number of pyridine rings is 1. The molecule has 3 unspecified atom stereocenters. The van der Waals surface area contributed by atoms with E-state index in [0.717, 1.165) is 5.56 Å². The van der Waals surface area contributed by atoms with Crippen LogP contribution < -0.4 is 11.1 Å². The Morgan fingerprint density at radius 2 is 1.88 bits per heavy atom. The second kappa shape index (κ2) is 10.8. The van der Waals surface area contributed by atoms with Gasteiger partial charge < -0.3 is 30.8 Å². The van der Waals surface area contributed by atoms with Gasteiger partial charge in [0.05, 0.1) is 24.1 Å². The number of aromatic nitrogens is 1. The molecule has 222 valence electrons. The third-order valence-corrected chi connectivity index (χ3v) is 8.73. The highest BCUT2D eigenvalue weighted by molar-refractivity contribution is 6.22. The number of nitrogens with two attached hydrogens (primary N) is 1. The molecule has 3 aliphatic carbocycles. The molecule has 0 bridgehead atoms. The van der Waals surface area contributed by atoms with Crippen LogP contribution in [-0.4, -0.2) is 62.8 Å². The van der Waals surface area contributed by atoms with Crippen molar-refractivity contribution in [2.75, 3.05) is 14.1 Å². The van der Waals surface area contributed by atoms with Gasteiger partial charge in [0.1, 0.15) is 34.4 Å². The van der Waals surface area contributed by atoms with Gasteiger partial charge in [-0.15, -0.1) is 0 Å². The molecular formula is C32H32N4O7. The van der Waals surface area contributed by atoms with E-state index in [1.165, 1.54) is 6.07 Å². The van der Waals surface area contributed by atoms with Gasteiger partial charge in [0.25, 0.3) is 5.91 Å². The molecule has 1 amide bonds. The van der Waals surface area contributed by atoms with Crippen molar-refractivity contribution < 1.29 is 34.1 Å². The zero-order chi connectivity index (χ0) is 30.6. The van der Waals surface area contributed by atoms with Crippen molar-refractivity contribution in [3.05, 3.63) is 93.9 Å². The third-order valence-electron chi connectivity index (χ3n) is 8.73. The summed E-state index contributed by atoms with van der Waals surface area (Å²) in [4.78, 5) is 45.2. The van der Waals surface area contributed by atoms with E-state index in [-0.39, 0.29) is 29.7 Å². The summed E-state index contributed by atoms with van der Waals surface area (Å²) in [5.74, 6) is -4.74. The molecule has 43 heavy (non-hydrogen) atoms. The minimum Gasteiger partial charge on any atom is -0.511 e. The molecule has 11 nitrogen and oxygen atoms in total. The number of nitrogens with zero attached hydrogens (tertiary/aromatic N) is 2. The SMILES string of the molecule is CN(C)[C@@H]1C(O)=C(C(N)=O)C(=O)C2C(O)=C3C(=O)c4c(O)ccc(-c5ccc(CNCc6cccnc6)o5)c4CC3CC21. The molecule has 0 aliphatic heterocycles. The Labute approximate surface area is 247 Å². The quantitative estimate of drug-likeness (QED) is 0.259. The van der Waals surface area contributed by atoms with E-state index in [2.05, 4.69) is 10.3 Å². The Balaban J connectivity index is 1.34. The molecule has 3 aliphatic rings. The topological polar surface area (TPSA) is 179 Å². The van der Waals surface area contributed by atoms with Gasteiger partial charge in [-0.2, -0.15) is 0 Å². The number of hydrogen-bond acceptors (Lipinski definition) is 10. The predicted octanol–water partition coefficient (Wildman–Crippen LogP) is 2.95. The predicted molar refractivity (Wildman–Crippen MR) is 155 cm³/mol. The Bertz CT molecular complexity index is 1710. The molecule has 6 N–H and O–H groups in total. The average molecular weight is 585 g/mol. The number of furan rings is 1. The van der Waals surface area contributed by atoms with Crippen molar-refractivity contribution in [3.8, 4) is 17.1 Å². The highest BCUT2D eigenvalue weighted by Gasteiger charge is 2.54. The van der Waals surface area contributed by atoms with Crippen molar-refractivity contribution in [3.63, 3.8) is 0 Å². The number of likely N-dealkylation sites (N-methyl/N-ethyl adjacent to an activating group) is 1. The number of Topliss-reactive ketones (excluding diaryl/α,β-unsaturated/α-hetero) is 2. The third kappa shape index (κ3) is 4.70. The molecule has 0 saturated carbocycles. The van der Waals surface area contributed by atoms with Crippen molar-refractivity contribution in [1.82, 2.24) is 15.2 Å². The Kier molecular flexibility index (Phi) is 7.15. The number of ketones is 2. The smallest absolute Gasteiger partial charge is 0.255 e. The maximum atomic E-state index is 13.9. The molecule has 3 aromatic rings. The minimum absolute atomic E-state index is 0.0389. The van der Waals surface area contributed by atoms with E-state index in [4.69, 9.17) is 10.2 Å². The van der Waals surface area contributed by atoms with Crippen molar-refractivity contribution in [1.29, 1.82) is 0 Å². The number of rotatable bonds is 7. The average Bonchev–Trinajstić information content (AvgIpc) is 3.41. The highest BCUT2D eigenvalue weighted by Crippen LogP contribution is 2.51. The zero-order valence-electron chi connectivity index (χ0n) is 23.7. The number of benzene rings is 1. The lowest BCUT2D eigenvalue weighted by atomic mass is 9.60. The van der Waals surface area contributed by atoms with E-state index in [1.54, 1.807) is 37.5 Å². The molecule has 0 fully saturated rings. The fourth-order valence-electron chi connectivity index (χ4n) is 6.95. The first-order chi connectivity index (χ1) is 20.6. The summed E-state index contributed by atoms with van der Waals surface area (Å²) in [6.45, 7) is 1.07. The number of phenolic OH excluding ortho intramolecular Hbond substituents is 1. The number of amides is 1. The number of carbonyl (C=O) groups is 3. The molecule has 2 aromatic heterocycles. The molecule has 0 spiro atoms. The lowest BCUT2D eigenvalue weighted by molar-refractivity contribution is -0.127. The summed E-state index contributed by atoms with van der Waals surface area (Å²) in [5.41, 5.74) is 7.21. The number of carbonyl (C=O) groups excluding carboxylic acids is 3.